The number of hydrogen-bond donors (Lipinski definition) is 0. The highest BCUT2D eigenvalue weighted by atomic mass is 32.2. The lowest BCUT2D eigenvalue weighted by Gasteiger charge is -2.23. The van der Waals surface area contributed by atoms with Gasteiger partial charge in [0.05, 0.1) is 11.5 Å². The third kappa shape index (κ3) is 2.87. The van der Waals surface area contributed by atoms with Gasteiger partial charge in [0.15, 0.2) is 9.84 Å². The van der Waals surface area contributed by atoms with Crippen LogP contribution in [0.25, 0.3) is 0 Å². The van der Waals surface area contributed by atoms with E-state index in [1.807, 2.05) is 0 Å². The molecule has 1 aliphatic heterocycles. The maximum absolute atomic E-state index is 13.7. The van der Waals surface area contributed by atoms with Crippen LogP contribution in [0.5, 0.6) is 0 Å². The molecule has 0 N–H and O–H groups in total. The molecule has 2 rings (SSSR count). The molecule has 8 heteroatoms. The van der Waals surface area contributed by atoms with Crippen LogP contribution in [-0.2, 0) is 19.9 Å². The Bertz CT molecular complexity index is 728. The summed E-state index contributed by atoms with van der Waals surface area (Å²) < 4.78 is 62.4. The fourth-order valence-electron chi connectivity index (χ4n) is 2.22. The highest BCUT2D eigenvalue weighted by Gasteiger charge is 2.37. The molecule has 1 atom stereocenters. The maximum atomic E-state index is 13.7. The minimum atomic E-state index is -4.03. The zero-order valence-electron chi connectivity index (χ0n) is 11.2. The zero-order chi connectivity index (χ0) is 15.1. The SMILES string of the molecule is Cc1ccc(F)c(S(=O)(=O)N(C)C2CCS(=O)(=O)C2)c1. The van der Waals surface area contributed by atoms with E-state index in [1.165, 1.54) is 19.2 Å². The predicted molar refractivity (Wildman–Crippen MR) is 73.1 cm³/mol. The minimum absolute atomic E-state index is 0.0339. The van der Waals surface area contributed by atoms with Crippen molar-refractivity contribution in [3.63, 3.8) is 0 Å². The Balaban J connectivity index is 2.38. The van der Waals surface area contributed by atoms with Crippen molar-refractivity contribution >= 4 is 19.9 Å². The van der Waals surface area contributed by atoms with Gasteiger partial charge in [-0.25, -0.2) is 21.2 Å². The van der Waals surface area contributed by atoms with Crippen molar-refractivity contribution in [2.24, 2.45) is 0 Å². The maximum Gasteiger partial charge on any atom is 0.246 e. The first-order chi connectivity index (χ1) is 9.13. The first-order valence-corrected chi connectivity index (χ1v) is 9.34. The van der Waals surface area contributed by atoms with Crippen molar-refractivity contribution in [1.82, 2.24) is 4.31 Å². The molecule has 1 heterocycles. The van der Waals surface area contributed by atoms with Crippen LogP contribution >= 0.6 is 0 Å². The molecule has 0 amide bonds. The van der Waals surface area contributed by atoms with Gasteiger partial charge in [-0.15, -0.1) is 0 Å². The van der Waals surface area contributed by atoms with Crippen molar-refractivity contribution in [2.75, 3.05) is 18.6 Å². The van der Waals surface area contributed by atoms with Crippen molar-refractivity contribution in [3.05, 3.63) is 29.6 Å². The number of halogens is 1. The second kappa shape index (κ2) is 5.09. The summed E-state index contributed by atoms with van der Waals surface area (Å²) in [7, 11) is -5.94. The number of sulfonamides is 1. The van der Waals surface area contributed by atoms with Gasteiger partial charge >= 0.3 is 0 Å². The molecular weight excluding hydrogens is 305 g/mol. The summed E-state index contributed by atoms with van der Waals surface area (Å²) in [6, 6.07) is 3.20. The van der Waals surface area contributed by atoms with E-state index in [9.17, 15) is 21.2 Å². The Kier molecular flexibility index (Phi) is 3.92. The molecule has 1 aliphatic rings. The largest absolute Gasteiger partial charge is 0.246 e. The summed E-state index contributed by atoms with van der Waals surface area (Å²) in [5.41, 5.74) is 0.623. The Hall–Kier alpha value is -0.990. The van der Waals surface area contributed by atoms with Crippen molar-refractivity contribution in [2.45, 2.75) is 24.3 Å². The normalized spacial score (nSPS) is 22.3. The molecular formula is C12H16FNO4S2. The van der Waals surface area contributed by atoms with Gasteiger partial charge in [0.2, 0.25) is 10.0 Å². The first kappa shape index (κ1) is 15.4. The second-order valence-electron chi connectivity index (χ2n) is 5.01. The molecule has 0 spiro atoms. The Morgan fingerprint density at radius 2 is 2.00 bits per heavy atom. The van der Waals surface area contributed by atoms with Gasteiger partial charge in [-0.3, -0.25) is 0 Å². The number of hydrogen-bond acceptors (Lipinski definition) is 4. The predicted octanol–water partition coefficient (Wildman–Crippen LogP) is 0.942. The van der Waals surface area contributed by atoms with Crippen LogP contribution < -0.4 is 0 Å². The van der Waals surface area contributed by atoms with Crippen LogP contribution in [0.2, 0.25) is 0 Å². The molecule has 1 fully saturated rings. The molecule has 112 valence electrons. The van der Waals surface area contributed by atoms with Crippen molar-refractivity contribution in [3.8, 4) is 0 Å². The fraction of sp³-hybridized carbons (Fsp3) is 0.500. The summed E-state index contributed by atoms with van der Waals surface area (Å²) in [4.78, 5) is -0.413. The fourth-order valence-corrected chi connectivity index (χ4v) is 5.62. The van der Waals surface area contributed by atoms with Gasteiger partial charge < -0.3 is 0 Å². The first-order valence-electron chi connectivity index (χ1n) is 6.08. The number of nitrogens with zero attached hydrogens (tertiary/aromatic N) is 1. The Morgan fingerprint density at radius 1 is 1.35 bits per heavy atom. The Morgan fingerprint density at radius 3 is 2.55 bits per heavy atom. The van der Waals surface area contributed by atoms with E-state index in [4.69, 9.17) is 0 Å². The average molecular weight is 321 g/mol. The average Bonchev–Trinajstić information content (AvgIpc) is 2.71. The van der Waals surface area contributed by atoms with E-state index in [0.29, 0.717) is 5.56 Å². The molecule has 5 nitrogen and oxygen atoms in total. The van der Waals surface area contributed by atoms with Gasteiger partial charge in [-0.05, 0) is 31.0 Å². The lowest BCUT2D eigenvalue weighted by molar-refractivity contribution is 0.391. The molecule has 0 radical (unpaired) electrons. The van der Waals surface area contributed by atoms with E-state index in [-0.39, 0.29) is 17.9 Å². The molecule has 0 saturated carbocycles. The van der Waals surface area contributed by atoms with Crippen molar-refractivity contribution < 1.29 is 21.2 Å². The summed E-state index contributed by atoms with van der Waals surface area (Å²) in [5, 5.41) is 0. The van der Waals surface area contributed by atoms with Crippen LogP contribution in [-0.4, -0.2) is 45.7 Å². The van der Waals surface area contributed by atoms with Gasteiger partial charge in [-0.2, -0.15) is 4.31 Å². The number of benzene rings is 1. The van der Waals surface area contributed by atoms with E-state index < -0.39 is 36.6 Å². The number of aryl methyl sites for hydroxylation is 1. The quantitative estimate of drug-likeness (QED) is 0.831. The standard InChI is InChI=1S/C12H16FNO4S2/c1-9-3-4-11(13)12(7-9)20(17,18)14(2)10-5-6-19(15,16)8-10/h3-4,7,10H,5-6,8H2,1-2H3. The minimum Gasteiger partial charge on any atom is -0.229 e. The summed E-state index contributed by atoms with van der Waals surface area (Å²) in [5.74, 6) is -1.08. The van der Waals surface area contributed by atoms with E-state index in [0.717, 1.165) is 10.4 Å². The third-order valence-corrected chi connectivity index (χ3v) is 7.14. The topological polar surface area (TPSA) is 71.5 Å². The smallest absolute Gasteiger partial charge is 0.229 e. The lowest BCUT2D eigenvalue weighted by atomic mass is 10.2. The molecule has 0 aliphatic carbocycles. The summed E-state index contributed by atoms with van der Waals surface area (Å²) in [6.07, 6.45) is 0.242. The zero-order valence-corrected chi connectivity index (χ0v) is 12.8. The molecule has 1 aromatic rings. The number of sulfone groups is 1. The monoisotopic (exact) mass is 321 g/mol. The highest BCUT2D eigenvalue weighted by molar-refractivity contribution is 7.92. The molecule has 20 heavy (non-hydrogen) atoms. The van der Waals surface area contributed by atoms with Gasteiger partial charge in [0.1, 0.15) is 10.7 Å². The van der Waals surface area contributed by atoms with Gasteiger partial charge in [-0.1, -0.05) is 6.07 Å². The van der Waals surface area contributed by atoms with Crippen LogP contribution in [0.15, 0.2) is 23.1 Å². The molecule has 0 aromatic heterocycles. The van der Waals surface area contributed by atoms with E-state index in [1.54, 1.807) is 6.92 Å². The molecule has 1 unspecified atom stereocenters. The summed E-state index contributed by atoms with van der Waals surface area (Å²) >= 11 is 0. The van der Waals surface area contributed by atoms with Crippen LogP contribution in [0.3, 0.4) is 0 Å². The molecule has 1 aromatic carbocycles. The lowest BCUT2D eigenvalue weighted by Crippen LogP contribution is -2.38. The third-order valence-electron chi connectivity index (χ3n) is 3.47. The Labute approximate surface area is 118 Å². The molecule has 1 saturated heterocycles. The summed E-state index contributed by atoms with van der Waals surface area (Å²) in [6.45, 7) is 1.67. The molecule has 0 bridgehead atoms. The highest BCUT2D eigenvalue weighted by Crippen LogP contribution is 2.25. The van der Waals surface area contributed by atoms with E-state index >= 15 is 0 Å². The van der Waals surface area contributed by atoms with Crippen LogP contribution in [0.4, 0.5) is 4.39 Å². The van der Waals surface area contributed by atoms with E-state index in [2.05, 4.69) is 0 Å². The van der Waals surface area contributed by atoms with Gasteiger partial charge in [0.25, 0.3) is 0 Å². The van der Waals surface area contributed by atoms with Crippen molar-refractivity contribution in [1.29, 1.82) is 0 Å². The van der Waals surface area contributed by atoms with Gasteiger partial charge in [0, 0.05) is 13.1 Å². The van der Waals surface area contributed by atoms with Crippen LogP contribution in [0, 0.1) is 12.7 Å². The number of rotatable bonds is 3. The second-order valence-corrected chi connectivity index (χ2v) is 9.21. The van der Waals surface area contributed by atoms with Crippen LogP contribution in [0.1, 0.15) is 12.0 Å².